The summed E-state index contributed by atoms with van der Waals surface area (Å²) in [6.07, 6.45) is 4.53. The van der Waals surface area contributed by atoms with Gasteiger partial charge in [0.2, 0.25) is 5.91 Å². The van der Waals surface area contributed by atoms with Crippen LogP contribution in [0.2, 0.25) is 0 Å². The number of thiazole rings is 1. The Kier molecular flexibility index (Phi) is 4.64. The lowest BCUT2D eigenvalue weighted by Crippen LogP contribution is -2.31. The van der Waals surface area contributed by atoms with Gasteiger partial charge in [-0.1, -0.05) is 30.3 Å². The molecular weight excluding hydrogens is 385 g/mol. The largest absolute Gasteiger partial charge is 0.349 e. The van der Waals surface area contributed by atoms with Crippen molar-refractivity contribution in [2.45, 2.75) is 25.3 Å². The second-order valence-corrected chi connectivity index (χ2v) is 8.32. The van der Waals surface area contributed by atoms with Crippen LogP contribution in [0.5, 0.6) is 0 Å². The number of hydrogen-bond acceptors (Lipinski definition) is 3. The molecule has 0 spiro atoms. The maximum atomic E-state index is 13.2. The molecule has 1 aliphatic carbocycles. The minimum atomic E-state index is -0.268. The highest BCUT2D eigenvalue weighted by atomic mass is 32.1. The standard InChI is InChI=1S/C23H20FN3OS/c24-18-10-8-15(9-11-18)20-13-27-19(14-29-23(27)25-20)12-21(28)26-22(17-6-7-17)16-4-2-1-3-5-16/h1-5,8-11,13-14,17,22H,6-7,12H2,(H,26,28). The number of imidazole rings is 1. The first-order valence-electron chi connectivity index (χ1n) is 9.73. The van der Waals surface area contributed by atoms with Crippen molar-refractivity contribution in [3.8, 4) is 11.3 Å². The van der Waals surface area contributed by atoms with Gasteiger partial charge in [0, 0.05) is 22.8 Å². The van der Waals surface area contributed by atoms with Crippen molar-refractivity contribution < 1.29 is 9.18 Å². The smallest absolute Gasteiger partial charge is 0.226 e. The molecular formula is C23H20FN3OS. The van der Waals surface area contributed by atoms with Crippen LogP contribution in [0, 0.1) is 11.7 Å². The molecule has 1 atom stereocenters. The number of rotatable bonds is 6. The van der Waals surface area contributed by atoms with Crippen LogP contribution < -0.4 is 5.32 Å². The number of nitrogens with zero attached hydrogens (tertiary/aromatic N) is 2. The summed E-state index contributed by atoms with van der Waals surface area (Å²) in [5.74, 6) is 0.278. The fraction of sp³-hybridized carbons (Fsp3) is 0.217. The summed E-state index contributed by atoms with van der Waals surface area (Å²) in [7, 11) is 0. The Hall–Kier alpha value is -2.99. The predicted molar refractivity (Wildman–Crippen MR) is 112 cm³/mol. The maximum absolute atomic E-state index is 13.2. The molecule has 1 saturated carbocycles. The topological polar surface area (TPSA) is 46.4 Å². The molecule has 2 aromatic carbocycles. The highest BCUT2D eigenvalue weighted by molar-refractivity contribution is 7.15. The highest BCUT2D eigenvalue weighted by Crippen LogP contribution is 2.41. The number of benzene rings is 2. The van der Waals surface area contributed by atoms with Crippen LogP contribution in [0.4, 0.5) is 4.39 Å². The quantitative estimate of drug-likeness (QED) is 0.490. The molecule has 2 aromatic heterocycles. The molecule has 4 aromatic rings. The normalized spacial score (nSPS) is 14.8. The van der Waals surface area contributed by atoms with Gasteiger partial charge in [0.1, 0.15) is 5.82 Å². The minimum Gasteiger partial charge on any atom is -0.349 e. The molecule has 0 radical (unpaired) electrons. The number of amides is 1. The lowest BCUT2D eigenvalue weighted by molar-refractivity contribution is -0.121. The van der Waals surface area contributed by atoms with E-state index in [1.807, 2.05) is 34.2 Å². The molecule has 5 rings (SSSR count). The number of carbonyl (C=O) groups excluding carboxylic acids is 1. The van der Waals surface area contributed by atoms with E-state index in [2.05, 4.69) is 22.4 Å². The molecule has 1 fully saturated rings. The second-order valence-electron chi connectivity index (χ2n) is 7.48. The van der Waals surface area contributed by atoms with Crippen LogP contribution in [0.25, 0.3) is 16.2 Å². The summed E-state index contributed by atoms with van der Waals surface area (Å²) < 4.78 is 15.1. The van der Waals surface area contributed by atoms with Crippen LogP contribution >= 0.6 is 11.3 Å². The van der Waals surface area contributed by atoms with Crippen LogP contribution in [0.15, 0.2) is 66.2 Å². The average molecular weight is 405 g/mol. The summed E-state index contributed by atoms with van der Waals surface area (Å²) in [5.41, 5.74) is 3.71. The van der Waals surface area contributed by atoms with Gasteiger partial charge < -0.3 is 5.32 Å². The molecule has 4 nitrogen and oxygen atoms in total. The Balaban J connectivity index is 1.34. The van der Waals surface area contributed by atoms with E-state index in [4.69, 9.17) is 0 Å². The van der Waals surface area contributed by atoms with Gasteiger partial charge in [-0.3, -0.25) is 9.20 Å². The lowest BCUT2D eigenvalue weighted by Gasteiger charge is -2.18. The summed E-state index contributed by atoms with van der Waals surface area (Å²) in [4.78, 5) is 18.2. The Morgan fingerprint density at radius 1 is 1.17 bits per heavy atom. The first kappa shape index (κ1) is 18.1. The SMILES string of the molecule is O=C(Cc1csc2nc(-c3ccc(F)cc3)cn12)NC(c1ccccc1)C1CC1. The third-order valence-electron chi connectivity index (χ3n) is 5.33. The molecule has 2 heterocycles. The number of hydrogen-bond donors (Lipinski definition) is 1. The van der Waals surface area contributed by atoms with Crippen molar-refractivity contribution in [2.75, 3.05) is 0 Å². The summed E-state index contributed by atoms with van der Waals surface area (Å²) in [6, 6.07) is 16.6. The molecule has 1 unspecified atom stereocenters. The molecule has 0 saturated heterocycles. The zero-order chi connectivity index (χ0) is 19.8. The van der Waals surface area contributed by atoms with E-state index < -0.39 is 0 Å². The van der Waals surface area contributed by atoms with Gasteiger partial charge in [0.05, 0.1) is 18.2 Å². The van der Waals surface area contributed by atoms with Gasteiger partial charge in [0.15, 0.2) is 4.96 Å². The second kappa shape index (κ2) is 7.44. The number of fused-ring (bicyclic) bond motifs is 1. The average Bonchev–Trinajstić information content (AvgIpc) is 3.39. The van der Waals surface area contributed by atoms with E-state index in [1.54, 1.807) is 12.1 Å². The van der Waals surface area contributed by atoms with E-state index in [0.29, 0.717) is 12.3 Å². The minimum absolute atomic E-state index is 0.0162. The van der Waals surface area contributed by atoms with Crippen LogP contribution in [0.3, 0.4) is 0 Å². The van der Waals surface area contributed by atoms with Gasteiger partial charge in [-0.2, -0.15) is 0 Å². The third kappa shape index (κ3) is 3.80. The van der Waals surface area contributed by atoms with Gasteiger partial charge in [-0.05, 0) is 48.6 Å². The zero-order valence-corrected chi connectivity index (χ0v) is 16.5. The molecule has 1 amide bonds. The Labute approximate surface area is 172 Å². The zero-order valence-electron chi connectivity index (χ0n) is 15.7. The Morgan fingerprint density at radius 2 is 1.93 bits per heavy atom. The lowest BCUT2D eigenvalue weighted by atomic mass is 10.0. The van der Waals surface area contributed by atoms with Crippen molar-refractivity contribution in [3.05, 3.63) is 83.2 Å². The van der Waals surface area contributed by atoms with E-state index in [1.165, 1.54) is 29.0 Å². The Bertz CT molecular complexity index is 1150. The summed E-state index contributed by atoms with van der Waals surface area (Å²) >= 11 is 1.51. The first-order valence-corrected chi connectivity index (χ1v) is 10.6. The van der Waals surface area contributed by atoms with Crippen LogP contribution in [-0.2, 0) is 11.2 Å². The summed E-state index contributed by atoms with van der Waals surface area (Å²) in [5, 5.41) is 5.21. The molecule has 1 aliphatic rings. The van der Waals surface area contributed by atoms with E-state index in [0.717, 1.165) is 34.8 Å². The third-order valence-corrected chi connectivity index (χ3v) is 6.22. The molecule has 1 N–H and O–H groups in total. The predicted octanol–water partition coefficient (Wildman–Crippen LogP) is 5.01. The van der Waals surface area contributed by atoms with Crippen LogP contribution in [-0.4, -0.2) is 15.3 Å². The number of nitrogens with one attached hydrogen (secondary N) is 1. The fourth-order valence-electron chi connectivity index (χ4n) is 3.67. The first-order chi connectivity index (χ1) is 14.2. The molecule has 6 heteroatoms. The highest BCUT2D eigenvalue weighted by Gasteiger charge is 2.33. The van der Waals surface area contributed by atoms with Gasteiger partial charge in [0.25, 0.3) is 0 Å². The van der Waals surface area contributed by atoms with Crippen molar-refractivity contribution in [2.24, 2.45) is 5.92 Å². The number of carbonyl (C=O) groups is 1. The van der Waals surface area contributed by atoms with E-state index in [9.17, 15) is 9.18 Å². The summed E-state index contributed by atoms with van der Waals surface area (Å²) in [6.45, 7) is 0. The van der Waals surface area contributed by atoms with E-state index in [-0.39, 0.29) is 17.8 Å². The fourth-order valence-corrected chi connectivity index (χ4v) is 4.54. The van der Waals surface area contributed by atoms with Gasteiger partial charge in [-0.15, -0.1) is 11.3 Å². The van der Waals surface area contributed by atoms with Crippen molar-refractivity contribution in [1.82, 2.24) is 14.7 Å². The van der Waals surface area contributed by atoms with Crippen molar-refractivity contribution in [3.63, 3.8) is 0 Å². The van der Waals surface area contributed by atoms with Crippen molar-refractivity contribution in [1.29, 1.82) is 0 Å². The van der Waals surface area contributed by atoms with Gasteiger partial charge >= 0.3 is 0 Å². The Morgan fingerprint density at radius 3 is 2.66 bits per heavy atom. The molecule has 0 aliphatic heterocycles. The monoisotopic (exact) mass is 405 g/mol. The van der Waals surface area contributed by atoms with Crippen molar-refractivity contribution >= 4 is 22.2 Å². The molecule has 29 heavy (non-hydrogen) atoms. The van der Waals surface area contributed by atoms with Crippen LogP contribution in [0.1, 0.15) is 30.1 Å². The van der Waals surface area contributed by atoms with Gasteiger partial charge in [-0.25, -0.2) is 9.37 Å². The molecule has 146 valence electrons. The van der Waals surface area contributed by atoms with E-state index >= 15 is 0 Å². The maximum Gasteiger partial charge on any atom is 0.226 e. The number of aromatic nitrogens is 2. The molecule has 0 bridgehead atoms. The number of halogens is 1.